The van der Waals surface area contributed by atoms with Gasteiger partial charge in [-0.05, 0) is 47.8 Å². The van der Waals surface area contributed by atoms with Crippen molar-refractivity contribution in [3.63, 3.8) is 0 Å². The molecule has 1 aromatic rings. The standard InChI is InChI=1S/C13H17BrF2N2O2S/c14-11-7-9(15)8-12(16)13(11)21(19,20)18-6-2-1-3-10(18)4-5-17/h7-8,10H,1-6,17H2. The summed E-state index contributed by atoms with van der Waals surface area (Å²) in [4.78, 5) is -0.507. The summed E-state index contributed by atoms with van der Waals surface area (Å²) >= 11 is 2.95. The molecule has 0 spiro atoms. The zero-order valence-corrected chi connectivity index (χ0v) is 13.8. The van der Waals surface area contributed by atoms with Gasteiger partial charge in [0.05, 0.1) is 0 Å². The minimum Gasteiger partial charge on any atom is -0.330 e. The highest BCUT2D eigenvalue weighted by Gasteiger charge is 2.36. The van der Waals surface area contributed by atoms with Gasteiger partial charge in [-0.25, -0.2) is 17.2 Å². The van der Waals surface area contributed by atoms with Gasteiger partial charge in [-0.15, -0.1) is 0 Å². The third-order valence-corrected chi connectivity index (χ3v) is 6.52. The summed E-state index contributed by atoms with van der Waals surface area (Å²) in [6, 6.07) is 1.31. The number of sulfonamides is 1. The first-order chi connectivity index (χ1) is 9.87. The van der Waals surface area contributed by atoms with Gasteiger partial charge in [0.2, 0.25) is 10.0 Å². The number of benzene rings is 1. The van der Waals surface area contributed by atoms with Crippen molar-refractivity contribution in [2.24, 2.45) is 5.73 Å². The molecule has 0 bridgehead atoms. The molecule has 1 aliphatic rings. The van der Waals surface area contributed by atoms with E-state index in [9.17, 15) is 17.2 Å². The number of piperidine rings is 1. The maximum atomic E-state index is 14.0. The predicted molar refractivity (Wildman–Crippen MR) is 79.3 cm³/mol. The lowest BCUT2D eigenvalue weighted by atomic mass is 10.0. The van der Waals surface area contributed by atoms with Gasteiger partial charge in [0.15, 0.2) is 0 Å². The van der Waals surface area contributed by atoms with Crippen molar-refractivity contribution in [2.45, 2.75) is 36.6 Å². The van der Waals surface area contributed by atoms with E-state index in [1.54, 1.807) is 0 Å². The van der Waals surface area contributed by atoms with Crippen LogP contribution in [0.3, 0.4) is 0 Å². The summed E-state index contributed by atoms with van der Waals surface area (Å²) in [5.74, 6) is -1.91. The maximum Gasteiger partial charge on any atom is 0.247 e. The lowest BCUT2D eigenvalue weighted by Crippen LogP contribution is -2.44. The van der Waals surface area contributed by atoms with Crippen LogP contribution in [0.4, 0.5) is 8.78 Å². The summed E-state index contributed by atoms with van der Waals surface area (Å²) in [7, 11) is -4.02. The Balaban J connectivity index is 2.45. The molecule has 0 aliphatic carbocycles. The molecule has 1 fully saturated rings. The Labute approximate surface area is 131 Å². The Kier molecular flexibility index (Phi) is 5.34. The van der Waals surface area contributed by atoms with Crippen molar-refractivity contribution >= 4 is 26.0 Å². The van der Waals surface area contributed by atoms with Gasteiger partial charge >= 0.3 is 0 Å². The number of nitrogens with two attached hydrogens (primary N) is 1. The molecule has 21 heavy (non-hydrogen) atoms. The molecule has 8 heteroatoms. The minimum atomic E-state index is -4.02. The fourth-order valence-corrected chi connectivity index (χ4v) is 5.50. The second-order valence-corrected chi connectivity index (χ2v) is 7.72. The van der Waals surface area contributed by atoms with Crippen LogP contribution in [0.15, 0.2) is 21.5 Å². The molecular weight excluding hydrogens is 366 g/mol. The van der Waals surface area contributed by atoms with Crippen LogP contribution in [-0.4, -0.2) is 31.9 Å². The molecule has 4 nitrogen and oxygen atoms in total. The van der Waals surface area contributed by atoms with E-state index in [0.29, 0.717) is 32.0 Å². The van der Waals surface area contributed by atoms with E-state index < -0.39 is 26.6 Å². The Morgan fingerprint density at radius 1 is 1.33 bits per heavy atom. The first kappa shape index (κ1) is 16.8. The average Bonchev–Trinajstić information content (AvgIpc) is 2.37. The van der Waals surface area contributed by atoms with E-state index in [1.807, 2.05) is 0 Å². The summed E-state index contributed by atoms with van der Waals surface area (Å²) in [5, 5.41) is 0. The molecule has 0 amide bonds. The van der Waals surface area contributed by atoms with Crippen LogP contribution in [0.2, 0.25) is 0 Å². The Hall–Kier alpha value is -0.570. The van der Waals surface area contributed by atoms with Gasteiger partial charge in [0, 0.05) is 23.1 Å². The topological polar surface area (TPSA) is 63.4 Å². The molecule has 0 saturated carbocycles. The van der Waals surface area contributed by atoms with E-state index >= 15 is 0 Å². The molecule has 1 unspecified atom stereocenters. The second kappa shape index (κ2) is 6.68. The molecule has 1 aromatic carbocycles. The first-order valence-electron chi connectivity index (χ1n) is 6.74. The predicted octanol–water partition coefficient (Wildman–Crippen LogP) is 2.62. The van der Waals surface area contributed by atoms with Crippen LogP contribution in [0, 0.1) is 11.6 Å². The van der Waals surface area contributed by atoms with Crippen molar-refractivity contribution in [1.29, 1.82) is 0 Å². The fraction of sp³-hybridized carbons (Fsp3) is 0.538. The number of hydrogen-bond donors (Lipinski definition) is 1. The normalized spacial score (nSPS) is 20.7. The number of nitrogens with zero attached hydrogens (tertiary/aromatic N) is 1. The van der Waals surface area contributed by atoms with Crippen LogP contribution in [0.5, 0.6) is 0 Å². The van der Waals surface area contributed by atoms with Crippen LogP contribution >= 0.6 is 15.9 Å². The minimum absolute atomic E-state index is 0.0999. The second-order valence-electron chi connectivity index (χ2n) is 5.04. The first-order valence-corrected chi connectivity index (χ1v) is 8.97. The van der Waals surface area contributed by atoms with Crippen LogP contribution < -0.4 is 5.73 Å². The van der Waals surface area contributed by atoms with E-state index in [-0.39, 0.29) is 10.5 Å². The van der Waals surface area contributed by atoms with Gasteiger partial charge in [0.1, 0.15) is 16.5 Å². The largest absolute Gasteiger partial charge is 0.330 e. The van der Waals surface area contributed by atoms with Gasteiger partial charge in [-0.3, -0.25) is 0 Å². The van der Waals surface area contributed by atoms with Gasteiger partial charge in [0.25, 0.3) is 0 Å². The SMILES string of the molecule is NCCC1CCCCN1S(=O)(=O)c1c(F)cc(F)cc1Br. The molecule has 2 rings (SSSR count). The Morgan fingerprint density at radius 2 is 2.05 bits per heavy atom. The lowest BCUT2D eigenvalue weighted by Gasteiger charge is -2.34. The van der Waals surface area contributed by atoms with Crippen LogP contribution in [0.25, 0.3) is 0 Å². The molecule has 1 heterocycles. The van der Waals surface area contributed by atoms with Gasteiger partial charge < -0.3 is 5.73 Å². The number of hydrogen-bond acceptors (Lipinski definition) is 3. The molecular formula is C13H17BrF2N2O2S. The van der Waals surface area contributed by atoms with Crippen molar-refractivity contribution in [3.05, 3.63) is 28.2 Å². The van der Waals surface area contributed by atoms with Crippen molar-refractivity contribution in [3.8, 4) is 0 Å². The Morgan fingerprint density at radius 3 is 2.67 bits per heavy atom. The zero-order valence-electron chi connectivity index (χ0n) is 11.4. The quantitative estimate of drug-likeness (QED) is 0.870. The summed E-state index contributed by atoms with van der Waals surface area (Å²) in [6.07, 6.45) is 2.88. The van der Waals surface area contributed by atoms with E-state index in [0.717, 1.165) is 18.9 Å². The lowest BCUT2D eigenvalue weighted by molar-refractivity contribution is 0.242. The van der Waals surface area contributed by atoms with E-state index in [2.05, 4.69) is 15.9 Å². The molecule has 0 aromatic heterocycles. The van der Waals surface area contributed by atoms with Crippen molar-refractivity contribution < 1.29 is 17.2 Å². The highest BCUT2D eigenvalue weighted by Crippen LogP contribution is 2.33. The van der Waals surface area contributed by atoms with Crippen molar-refractivity contribution in [2.75, 3.05) is 13.1 Å². The van der Waals surface area contributed by atoms with Crippen LogP contribution in [0.1, 0.15) is 25.7 Å². The molecule has 1 saturated heterocycles. The number of rotatable bonds is 4. The summed E-state index contributed by atoms with van der Waals surface area (Å²) < 4.78 is 53.7. The molecule has 2 N–H and O–H groups in total. The highest BCUT2D eigenvalue weighted by atomic mass is 79.9. The molecule has 1 aliphatic heterocycles. The van der Waals surface area contributed by atoms with Crippen molar-refractivity contribution in [1.82, 2.24) is 4.31 Å². The van der Waals surface area contributed by atoms with Crippen LogP contribution in [-0.2, 0) is 10.0 Å². The molecule has 0 radical (unpaired) electrons. The highest BCUT2D eigenvalue weighted by molar-refractivity contribution is 9.10. The third kappa shape index (κ3) is 3.44. The summed E-state index contributed by atoms with van der Waals surface area (Å²) in [5.41, 5.74) is 5.53. The fourth-order valence-electron chi connectivity index (χ4n) is 2.66. The maximum absolute atomic E-state index is 14.0. The summed E-state index contributed by atoms with van der Waals surface area (Å²) in [6.45, 7) is 0.694. The smallest absolute Gasteiger partial charge is 0.247 e. The monoisotopic (exact) mass is 382 g/mol. The zero-order chi connectivity index (χ0) is 15.6. The third-order valence-electron chi connectivity index (χ3n) is 3.60. The molecule has 1 atom stereocenters. The van der Waals surface area contributed by atoms with E-state index in [4.69, 9.17) is 5.73 Å². The molecule has 118 valence electrons. The Bertz CT molecular complexity index is 600. The number of halogens is 3. The van der Waals surface area contributed by atoms with E-state index in [1.165, 1.54) is 4.31 Å². The van der Waals surface area contributed by atoms with Gasteiger partial charge in [-0.1, -0.05) is 6.42 Å². The average molecular weight is 383 g/mol. The van der Waals surface area contributed by atoms with Gasteiger partial charge in [-0.2, -0.15) is 4.31 Å².